The van der Waals surface area contributed by atoms with Crippen molar-refractivity contribution >= 4 is 28.4 Å². The summed E-state index contributed by atoms with van der Waals surface area (Å²) in [6, 6.07) is 17.8. The number of likely N-dealkylation sites (N-methyl/N-ethyl adjacent to an activating group) is 1. The minimum Gasteiger partial charge on any atom is -0.351 e. The van der Waals surface area contributed by atoms with Crippen molar-refractivity contribution < 1.29 is 4.79 Å². The van der Waals surface area contributed by atoms with Crippen LogP contribution < -0.4 is 0 Å². The van der Waals surface area contributed by atoms with Crippen molar-refractivity contribution in [2.24, 2.45) is 0 Å². The van der Waals surface area contributed by atoms with Gasteiger partial charge in [0.2, 0.25) is 0 Å². The lowest BCUT2D eigenvalue weighted by Gasteiger charge is -2.40. The molecule has 0 saturated carbocycles. The summed E-state index contributed by atoms with van der Waals surface area (Å²) in [6.07, 6.45) is 0. The number of nitrogens with one attached hydrogen (secondary N) is 1. The van der Waals surface area contributed by atoms with Gasteiger partial charge in [-0.15, -0.1) is 0 Å². The van der Waals surface area contributed by atoms with E-state index in [1.54, 1.807) is 0 Å². The van der Waals surface area contributed by atoms with Crippen LogP contribution in [0.25, 0.3) is 10.9 Å². The number of aromatic nitrogens is 1. The molecule has 1 N–H and O–H groups in total. The van der Waals surface area contributed by atoms with Gasteiger partial charge in [0.25, 0.3) is 5.91 Å². The van der Waals surface area contributed by atoms with Gasteiger partial charge in [0.1, 0.15) is 5.69 Å². The van der Waals surface area contributed by atoms with Crippen molar-refractivity contribution in [3.05, 3.63) is 70.9 Å². The standard InChI is InChI=1S/C20H20ClN3O/c1-23-9-10-24(19(13-23)14-5-3-2-4-6-14)20(25)18-12-15-11-16(21)7-8-17(15)22-18/h2-8,11-12,19,22H,9-10,13H2,1H3/t19-/m0/s1. The summed E-state index contributed by atoms with van der Waals surface area (Å²) in [5.74, 6) is 0.0364. The number of halogens is 1. The van der Waals surface area contributed by atoms with Crippen LogP contribution in [0.3, 0.4) is 0 Å². The highest BCUT2D eigenvalue weighted by atomic mass is 35.5. The fourth-order valence-electron chi connectivity index (χ4n) is 3.50. The first-order chi connectivity index (χ1) is 12.1. The lowest BCUT2D eigenvalue weighted by Crippen LogP contribution is -2.49. The third kappa shape index (κ3) is 3.15. The molecule has 1 aliphatic heterocycles. The second-order valence-electron chi connectivity index (χ2n) is 6.60. The van der Waals surface area contributed by atoms with Crippen molar-refractivity contribution in [3.63, 3.8) is 0 Å². The summed E-state index contributed by atoms with van der Waals surface area (Å²) >= 11 is 6.06. The van der Waals surface area contributed by atoms with Crippen LogP contribution in [-0.4, -0.2) is 47.4 Å². The van der Waals surface area contributed by atoms with Gasteiger partial charge in [0.15, 0.2) is 0 Å². The minimum atomic E-state index is 0.0364. The average molecular weight is 354 g/mol. The molecule has 1 saturated heterocycles. The number of fused-ring (bicyclic) bond motifs is 1. The first-order valence-electron chi connectivity index (χ1n) is 8.44. The van der Waals surface area contributed by atoms with E-state index in [-0.39, 0.29) is 11.9 Å². The smallest absolute Gasteiger partial charge is 0.270 e. The molecule has 4 rings (SSSR count). The number of piperazine rings is 1. The lowest BCUT2D eigenvalue weighted by molar-refractivity contribution is 0.0493. The van der Waals surface area contributed by atoms with E-state index in [0.717, 1.165) is 24.0 Å². The van der Waals surface area contributed by atoms with Gasteiger partial charge in [-0.25, -0.2) is 0 Å². The molecule has 1 fully saturated rings. The number of benzene rings is 2. The van der Waals surface area contributed by atoms with Crippen LogP contribution in [0.4, 0.5) is 0 Å². The van der Waals surface area contributed by atoms with Crippen molar-refractivity contribution in [3.8, 4) is 0 Å². The topological polar surface area (TPSA) is 39.3 Å². The van der Waals surface area contributed by atoms with Crippen molar-refractivity contribution in [1.82, 2.24) is 14.8 Å². The van der Waals surface area contributed by atoms with Crippen molar-refractivity contribution in [1.29, 1.82) is 0 Å². The number of H-pyrrole nitrogens is 1. The molecule has 2 aromatic carbocycles. The van der Waals surface area contributed by atoms with Gasteiger partial charge >= 0.3 is 0 Å². The van der Waals surface area contributed by atoms with Gasteiger partial charge in [-0.3, -0.25) is 4.79 Å². The number of aromatic amines is 1. The van der Waals surface area contributed by atoms with Crippen LogP contribution >= 0.6 is 11.6 Å². The van der Waals surface area contributed by atoms with Gasteiger partial charge in [0.05, 0.1) is 6.04 Å². The van der Waals surface area contributed by atoms with E-state index in [2.05, 4.69) is 29.1 Å². The molecule has 0 aliphatic carbocycles. The number of carbonyl (C=O) groups is 1. The highest BCUT2D eigenvalue weighted by Gasteiger charge is 2.31. The largest absolute Gasteiger partial charge is 0.351 e. The molecule has 5 heteroatoms. The Balaban J connectivity index is 1.68. The van der Waals surface area contributed by atoms with E-state index in [1.807, 2.05) is 47.4 Å². The molecule has 25 heavy (non-hydrogen) atoms. The van der Waals surface area contributed by atoms with Gasteiger partial charge in [-0.05, 0) is 36.9 Å². The molecule has 3 aromatic rings. The fraction of sp³-hybridized carbons (Fsp3) is 0.250. The van der Waals surface area contributed by atoms with E-state index in [4.69, 9.17) is 11.6 Å². The van der Waals surface area contributed by atoms with Crippen LogP contribution in [0.15, 0.2) is 54.6 Å². The molecule has 0 radical (unpaired) electrons. The van der Waals surface area contributed by atoms with Gasteiger partial charge in [-0.1, -0.05) is 41.9 Å². The molecule has 4 nitrogen and oxygen atoms in total. The molecular weight excluding hydrogens is 334 g/mol. The Morgan fingerprint density at radius 3 is 2.72 bits per heavy atom. The average Bonchev–Trinajstić information content (AvgIpc) is 3.05. The van der Waals surface area contributed by atoms with E-state index < -0.39 is 0 Å². The van der Waals surface area contributed by atoms with Crippen LogP contribution in [0, 0.1) is 0 Å². The van der Waals surface area contributed by atoms with Crippen LogP contribution in [0.5, 0.6) is 0 Å². The Morgan fingerprint density at radius 1 is 1.12 bits per heavy atom. The zero-order chi connectivity index (χ0) is 17.4. The van der Waals surface area contributed by atoms with Gasteiger partial charge < -0.3 is 14.8 Å². The van der Waals surface area contributed by atoms with Crippen molar-refractivity contribution in [2.75, 3.05) is 26.7 Å². The number of rotatable bonds is 2. The van der Waals surface area contributed by atoms with Crippen LogP contribution in [0.2, 0.25) is 5.02 Å². The third-order valence-corrected chi connectivity index (χ3v) is 5.08. The highest BCUT2D eigenvalue weighted by molar-refractivity contribution is 6.31. The molecule has 1 atom stereocenters. The second-order valence-corrected chi connectivity index (χ2v) is 7.04. The molecule has 2 heterocycles. The fourth-order valence-corrected chi connectivity index (χ4v) is 3.68. The molecule has 128 valence electrons. The monoisotopic (exact) mass is 353 g/mol. The van der Waals surface area contributed by atoms with Crippen LogP contribution in [0.1, 0.15) is 22.1 Å². The number of nitrogens with zero attached hydrogens (tertiary/aromatic N) is 2. The minimum absolute atomic E-state index is 0.0364. The molecular formula is C20H20ClN3O. The van der Waals surface area contributed by atoms with E-state index in [1.165, 1.54) is 5.56 Å². The normalized spacial score (nSPS) is 18.6. The zero-order valence-corrected chi connectivity index (χ0v) is 14.8. The predicted molar refractivity (Wildman–Crippen MR) is 101 cm³/mol. The van der Waals surface area contributed by atoms with E-state index in [0.29, 0.717) is 17.3 Å². The van der Waals surface area contributed by atoms with E-state index >= 15 is 0 Å². The molecule has 0 bridgehead atoms. The molecule has 1 aliphatic rings. The van der Waals surface area contributed by atoms with Gasteiger partial charge in [-0.2, -0.15) is 0 Å². The Bertz CT molecular complexity index is 906. The summed E-state index contributed by atoms with van der Waals surface area (Å²) in [4.78, 5) is 20.7. The molecule has 0 spiro atoms. The van der Waals surface area contributed by atoms with E-state index in [9.17, 15) is 4.79 Å². The quantitative estimate of drug-likeness (QED) is 0.757. The number of hydrogen-bond donors (Lipinski definition) is 1. The first-order valence-corrected chi connectivity index (χ1v) is 8.82. The SMILES string of the molecule is CN1CCN(C(=O)c2cc3cc(Cl)ccc3[nH]2)[C@H](c2ccccc2)C1. The number of amides is 1. The maximum Gasteiger partial charge on any atom is 0.270 e. The molecule has 1 amide bonds. The summed E-state index contributed by atoms with van der Waals surface area (Å²) in [5.41, 5.74) is 2.71. The lowest BCUT2D eigenvalue weighted by atomic mass is 10.0. The Labute approximate surface area is 152 Å². The maximum atomic E-state index is 13.2. The number of carbonyl (C=O) groups excluding carboxylic acids is 1. The summed E-state index contributed by atoms with van der Waals surface area (Å²) in [7, 11) is 2.10. The maximum absolute atomic E-state index is 13.2. The third-order valence-electron chi connectivity index (χ3n) is 4.84. The zero-order valence-electron chi connectivity index (χ0n) is 14.1. The second kappa shape index (κ2) is 6.54. The molecule has 1 aromatic heterocycles. The summed E-state index contributed by atoms with van der Waals surface area (Å²) in [6.45, 7) is 2.42. The number of hydrogen-bond acceptors (Lipinski definition) is 2. The highest BCUT2D eigenvalue weighted by Crippen LogP contribution is 2.28. The van der Waals surface area contributed by atoms with Gasteiger partial charge in [0, 0.05) is 35.6 Å². The Morgan fingerprint density at radius 2 is 1.92 bits per heavy atom. The van der Waals surface area contributed by atoms with Crippen molar-refractivity contribution in [2.45, 2.75) is 6.04 Å². The first kappa shape index (κ1) is 16.2. The predicted octanol–water partition coefficient (Wildman–Crippen LogP) is 3.95. The summed E-state index contributed by atoms with van der Waals surface area (Å²) in [5, 5.41) is 1.63. The van der Waals surface area contributed by atoms with Crippen LogP contribution in [-0.2, 0) is 0 Å². The molecule has 0 unspecified atom stereocenters. The summed E-state index contributed by atoms with van der Waals surface area (Å²) < 4.78 is 0. The Hall–Kier alpha value is -2.30. The Kier molecular flexibility index (Phi) is 4.24.